The van der Waals surface area contributed by atoms with Crippen LogP contribution in [0.2, 0.25) is 25.2 Å². The smallest absolute Gasteiger partial charge is 0.460 e. The average Bonchev–Trinajstić information content (AvgIpc) is 2.35. The number of carbonyl (C=O) groups is 2. The van der Waals surface area contributed by atoms with Crippen molar-refractivity contribution in [2.75, 3.05) is 46.2 Å². The number of hydrogen-bond acceptors (Lipinski definition) is 14. The number of aliphatic hydroxyl groups excluding tert-OH is 4. The van der Waals surface area contributed by atoms with E-state index in [9.17, 15) is 67.4 Å². The van der Waals surface area contributed by atoms with Gasteiger partial charge in [0.05, 0.1) is 11.8 Å². The van der Waals surface area contributed by atoms with Gasteiger partial charge in [-0.05, 0) is 202 Å². The molecule has 0 aromatic carbocycles. The number of alkyl halides is 12. The van der Waals surface area contributed by atoms with Crippen LogP contribution in [0.4, 0.5) is 52.7 Å². The molecule has 0 aromatic rings. The number of ether oxygens (including phenoxy) is 2. The molecular weight excluding hydrogens is 1360 g/mol. The summed E-state index contributed by atoms with van der Waals surface area (Å²) in [6.45, 7) is 41.1. The third-order valence-electron chi connectivity index (χ3n) is 14.1. The zero-order valence-electron chi connectivity index (χ0n) is 57.5. The molecule has 0 saturated heterocycles. The van der Waals surface area contributed by atoms with E-state index in [-0.39, 0.29) is 186 Å². The van der Waals surface area contributed by atoms with Gasteiger partial charge in [0.25, 0.3) is 11.2 Å². The van der Waals surface area contributed by atoms with Gasteiger partial charge < -0.3 is 86.5 Å². The first-order chi connectivity index (χ1) is 38.9. The van der Waals surface area contributed by atoms with E-state index in [4.69, 9.17) is 52.7 Å². The Labute approximate surface area is 586 Å². The van der Waals surface area contributed by atoms with E-state index in [1.165, 1.54) is 12.8 Å². The zero-order chi connectivity index (χ0) is 69.0. The largest absolute Gasteiger partial charge is 4.00 e. The summed E-state index contributed by atoms with van der Waals surface area (Å²) in [5.41, 5.74) is -11.3. The number of carbonyl (C=O) groups excluding carboxylic acids is 2. The van der Waals surface area contributed by atoms with E-state index in [1.54, 1.807) is 75.4 Å². The summed E-state index contributed by atoms with van der Waals surface area (Å²) in [5, 5.41) is 48.8. The van der Waals surface area contributed by atoms with Crippen molar-refractivity contribution in [1.29, 1.82) is 0 Å². The van der Waals surface area contributed by atoms with Gasteiger partial charge in [-0.15, -0.1) is 0 Å². The van der Waals surface area contributed by atoms with Gasteiger partial charge in [-0.25, -0.2) is 0 Å². The maximum absolute atomic E-state index is 12.9. The fourth-order valence-corrected chi connectivity index (χ4v) is 16.1. The average molecular weight is 1490 g/mol. The van der Waals surface area contributed by atoms with Gasteiger partial charge in [0.15, 0.2) is 8.32 Å². The van der Waals surface area contributed by atoms with Crippen LogP contribution in [0.1, 0.15) is 197 Å². The molecule has 0 amide bonds. The molecule has 30 heteroatoms. The Balaban J connectivity index is -0.000000110. The van der Waals surface area contributed by atoms with Crippen LogP contribution in [0.3, 0.4) is 0 Å². The fraction of sp³-hybridized carbons (Fsp3) is 0.905. The minimum absolute atomic E-state index is 0. The Bertz CT molecular complexity index is 1770. The Morgan fingerprint density at radius 3 is 0.989 bits per heavy atom. The first-order valence-electron chi connectivity index (χ1n) is 29.7. The van der Waals surface area contributed by atoms with E-state index in [2.05, 4.69) is 20.8 Å². The number of aliphatic hydroxyl groups is 6. The van der Waals surface area contributed by atoms with Gasteiger partial charge in [-0.2, -0.15) is 59.6 Å². The van der Waals surface area contributed by atoms with Crippen molar-refractivity contribution >= 4 is 29.1 Å². The minimum Gasteiger partial charge on any atom is -0.460 e. The molecule has 4 aliphatic carbocycles. The number of fused-ring (bicyclic) bond motifs is 4. The molecule has 93 heavy (non-hydrogen) atoms. The van der Waals surface area contributed by atoms with E-state index < -0.39 is 89.9 Å². The Hall–Kier alpha value is -0.438. The predicted molar refractivity (Wildman–Crippen MR) is 343 cm³/mol. The molecule has 14 nitrogen and oxygen atoms in total. The van der Waals surface area contributed by atoms with Crippen LogP contribution in [0.15, 0.2) is 0 Å². The number of halogens is 12. The number of hydrogen-bond donors (Lipinski definition) is 6. The van der Waals surface area contributed by atoms with Gasteiger partial charge >= 0.3 is 67.2 Å². The van der Waals surface area contributed by atoms with Crippen molar-refractivity contribution in [3.8, 4) is 0 Å². The molecule has 4 aliphatic rings. The van der Waals surface area contributed by atoms with Gasteiger partial charge in [0.2, 0.25) is 0 Å². The minimum atomic E-state index is -5.82. The quantitative estimate of drug-likeness (QED) is 0.0308. The van der Waals surface area contributed by atoms with Crippen molar-refractivity contribution in [3.05, 3.63) is 28.7 Å². The number of esters is 2. The van der Waals surface area contributed by atoms with Crippen LogP contribution in [-0.4, -0.2) is 159 Å². The van der Waals surface area contributed by atoms with Crippen molar-refractivity contribution in [2.45, 2.75) is 275 Å². The van der Waals surface area contributed by atoms with Gasteiger partial charge in [-0.1, -0.05) is 48.1 Å². The predicted octanol–water partition coefficient (Wildman–Crippen LogP) is 16.8. The summed E-state index contributed by atoms with van der Waals surface area (Å²) in [6.07, 6.45) is -21.6. The summed E-state index contributed by atoms with van der Waals surface area (Å²) in [4.78, 5) is 24.5. The second kappa shape index (κ2) is 51.7. The standard InChI is InChI=1S/C23H37F6O4Si.C13H22O2.C12H22F6O4Si.4C2H6O.C2H5.3CH4.2CH3.2Ti/c1-19(2,3)32-18(30)16-12-15-11-14(16)13-17(15)20(4,5)33-34(6,7)10-8-9-21(31,22(24,25)26)23(27,28)29;1-8-5-10-6-9(8)7-11(10)12(14)15-13(2,3)4;1-4-20-23(21-5-2,22-6-3)9-7-8-10(19,11(13,14)15)12(16,17)18;4*1-2-3;1-2;;;;;;;/h14-17,31H,4,8-13H2,1-3,5-7H3;8-11H,5-7H2,1-4H3;19H,4-9H2,1-3H3;4*3H,2H2,1H3;1H2,2H3;3*1H4;2*1H3;;/q-1;;;;;;;-1;;;;2*-1;;+4. The van der Waals surface area contributed by atoms with E-state index in [1.807, 2.05) is 41.5 Å². The fourth-order valence-electron chi connectivity index (χ4n) is 10.9. The van der Waals surface area contributed by atoms with E-state index >= 15 is 0 Å². The second-order valence-electron chi connectivity index (χ2n) is 24.2. The van der Waals surface area contributed by atoms with E-state index in [0.29, 0.717) is 18.8 Å². The molecule has 9 atom stereocenters. The maximum Gasteiger partial charge on any atom is 4.00 e. The van der Waals surface area contributed by atoms with Crippen LogP contribution in [0.5, 0.6) is 0 Å². The monoisotopic (exact) mass is 1490 g/mol. The van der Waals surface area contributed by atoms with Gasteiger partial charge in [-0.3, -0.25) is 9.59 Å². The van der Waals surface area contributed by atoms with Crippen molar-refractivity contribution in [2.24, 2.45) is 47.3 Å². The van der Waals surface area contributed by atoms with Crippen LogP contribution in [0.25, 0.3) is 0 Å². The van der Waals surface area contributed by atoms with Crippen molar-refractivity contribution in [1.82, 2.24) is 0 Å². The number of rotatable bonds is 19. The maximum atomic E-state index is 12.9. The summed E-state index contributed by atoms with van der Waals surface area (Å²) in [7, 11) is -6.08. The molecule has 0 spiro atoms. The molecule has 9 unspecified atom stereocenters. The third kappa shape index (κ3) is 41.2. The molecule has 0 aromatic heterocycles. The van der Waals surface area contributed by atoms with Crippen LogP contribution in [0, 0.1) is 76.0 Å². The Kier molecular flexibility index (Phi) is 64.8. The molecule has 4 rings (SSSR count). The third-order valence-corrected chi connectivity index (χ3v) is 19.8. The van der Waals surface area contributed by atoms with Crippen LogP contribution < -0.4 is 0 Å². The summed E-state index contributed by atoms with van der Waals surface area (Å²) in [5.74, 6) is 2.45. The molecular formula is C63H128F12O14Si2Ti2. The Morgan fingerprint density at radius 2 is 0.763 bits per heavy atom. The van der Waals surface area contributed by atoms with Gasteiger partial charge in [0.1, 0.15) is 11.2 Å². The van der Waals surface area contributed by atoms with Crippen molar-refractivity contribution in [3.63, 3.8) is 0 Å². The van der Waals surface area contributed by atoms with Crippen LogP contribution in [-0.2, 0) is 80.2 Å². The molecule has 4 saturated carbocycles. The normalized spacial score (nSPS) is 21.1. The molecule has 4 bridgehead atoms. The zero-order valence-corrected chi connectivity index (χ0v) is 62.6. The summed E-state index contributed by atoms with van der Waals surface area (Å²) in [6, 6.07) is -0.245. The summed E-state index contributed by atoms with van der Waals surface area (Å²) >= 11 is 0. The second-order valence-corrected chi connectivity index (χ2v) is 31.1. The molecule has 0 heterocycles. The first kappa shape index (κ1) is 117. The van der Waals surface area contributed by atoms with Crippen LogP contribution >= 0.6 is 0 Å². The van der Waals surface area contributed by atoms with Gasteiger partial charge in [0, 0.05) is 74.0 Å². The first-order valence-corrected chi connectivity index (χ1v) is 34.7. The molecule has 0 radical (unpaired) electrons. The molecule has 0 aliphatic heterocycles. The van der Waals surface area contributed by atoms with E-state index in [0.717, 1.165) is 24.7 Å². The molecule has 6 N–H and O–H groups in total. The molecule has 4 fully saturated rings. The Morgan fingerprint density at radius 1 is 0.495 bits per heavy atom. The molecule has 564 valence electrons. The van der Waals surface area contributed by atoms with Crippen molar-refractivity contribution < 1.29 is 164 Å². The SMILES string of the molecule is C.C.C.CC1CC2CC1CC2C(=O)OC(C)(C)C.CCO.CCO.CCO.CCO.CCO[Si](CCCC(O)(C(F)(F)F)C(F)(F)F)(OCC)OCC.[CH2-]C.[CH2-]C(C)(O[Si](C)(C)CCCC(O)(C(F)(F)F)C(F)(F)F)C1CC2CC1CC2C(=O)OC(C)(C)C.[CH3-].[CH3-].[Ti+4].[Ti]. The topological polar surface area (TPSA) is 211 Å². The summed E-state index contributed by atoms with van der Waals surface area (Å²) < 4.78 is 187.